The van der Waals surface area contributed by atoms with Crippen molar-refractivity contribution in [2.45, 2.75) is 6.92 Å². The van der Waals surface area contributed by atoms with Crippen LogP contribution in [0.15, 0.2) is 29.1 Å². The van der Waals surface area contributed by atoms with Crippen molar-refractivity contribution in [1.82, 2.24) is 9.88 Å². The fourth-order valence-electron chi connectivity index (χ4n) is 2.10. The molecule has 0 bridgehead atoms. The highest BCUT2D eigenvalue weighted by Crippen LogP contribution is 2.19. The fourth-order valence-corrected chi connectivity index (χ4v) is 2.92. The molecule has 0 aliphatic rings. The van der Waals surface area contributed by atoms with Crippen LogP contribution in [0.25, 0.3) is 6.08 Å². The van der Waals surface area contributed by atoms with Gasteiger partial charge in [0.15, 0.2) is 5.78 Å². The molecule has 0 atom stereocenters. The number of ketones is 1. The zero-order valence-electron chi connectivity index (χ0n) is 14.1. The molecular weight excluding hydrogens is 358 g/mol. The number of nitrogens with zero attached hydrogens (tertiary/aromatic N) is 1. The number of nitrogens with one attached hydrogen (secondary N) is 1. The van der Waals surface area contributed by atoms with Crippen molar-refractivity contribution in [2.75, 3.05) is 6.54 Å². The Morgan fingerprint density at radius 3 is 2.69 bits per heavy atom. The second-order valence-corrected chi connectivity index (χ2v) is 6.57. The number of thiophene rings is 1. The zero-order valence-corrected chi connectivity index (χ0v) is 14.9. The predicted octanol–water partition coefficient (Wildman–Crippen LogP) is 0.572. The van der Waals surface area contributed by atoms with Gasteiger partial charge < -0.3 is 20.7 Å². The Morgan fingerprint density at radius 1 is 1.35 bits per heavy atom. The number of primary amides is 1. The molecule has 0 saturated carbocycles. The van der Waals surface area contributed by atoms with E-state index in [1.807, 2.05) is 0 Å². The van der Waals surface area contributed by atoms with E-state index in [4.69, 9.17) is 5.73 Å². The Labute approximate surface area is 152 Å². The Hall–Kier alpha value is -3.20. The summed E-state index contributed by atoms with van der Waals surface area (Å²) in [6.07, 6.45) is 2.60. The van der Waals surface area contributed by atoms with E-state index < -0.39 is 23.2 Å². The van der Waals surface area contributed by atoms with E-state index >= 15 is 0 Å². The number of hydrogen-bond donors (Lipinski definition) is 3. The van der Waals surface area contributed by atoms with E-state index in [2.05, 4.69) is 5.32 Å². The molecule has 0 aromatic carbocycles. The Bertz CT molecular complexity index is 971. The van der Waals surface area contributed by atoms with Crippen LogP contribution in [-0.2, 0) is 11.8 Å². The number of aromatic nitrogens is 1. The van der Waals surface area contributed by atoms with Gasteiger partial charge in [0.05, 0.1) is 11.4 Å². The van der Waals surface area contributed by atoms with Crippen LogP contribution >= 0.6 is 11.3 Å². The highest BCUT2D eigenvalue weighted by molar-refractivity contribution is 7.14. The molecule has 0 saturated heterocycles. The standard InChI is InChI=1S/C17H17N3O5S/c1-9-7-12(22)15(17(25)20(9)2)11(21)5-3-10-4-6-13(26-10)16(24)19-8-14(18)23/h3-7,22H,8H2,1-2H3,(H2,18,23)(H,19,24)/b5-3+. The van der Waals surface area contributed by atoms with Crippen molar-refractivity contribution in [2.24, 2.45) is 12.8 Å². The molecule has 0 fully saturated rings. The lowest BCUT2D eigenvalue weighted by atomic mass is 10.1. The van der Waals surface area contributed by atoms with Gasteiger partial charge in [-0.1, -0.05) is 0 Å². The molecular formula is C17H17N3O5S. The molecule has 8 nitrogen and oxygen atoms in total. The van der Waals surface area contributed by atoms with Crippen LogP contribution in [0.5, 0.6) is 5.75 Å². The van der Waals surface area contributed by atoms with Crippen LogP contribution in [0.1, 0.15) is 30.6 Å². The van der Waals surface area contributed by atoms with Crippen LogP contribution in [0.3, 0.4) is 0 Å². The summed E-state index contributed by atoms with van der Waals surface area (Å²) in [4.78, 5) is 47.8. The third-order valence-corrected chi connectivity index (χ3v) is 4.62. The number of nitrogens with two attached hydrogens (primary N) is 1. The van der Waals surface area contributed by atoms with E-state index in [1.54, 1.807) is 13.0 Å². The summed E-state index contributed by atoms with van der Waals surface area (Å²) in [6.45, 7) is 1.37. The van der Waals surface area contributed by atoms with E-state index in [-0.39, 0.29) is 17.9 Å². The monoisotopic (exact) mass is 375 g/mol. The second kappa shape index (κ2) is 7.79. The van der Waals surface area contributed by atoms with Gasteiger partial charge in [0.25, 0.3) is 11.5 Å². The first-order valence-corrected chi connectivity index (χ1v) is 8.30. The smallest absolute Gasteiger partial charge is 0.265 e. The van der Waals surface area contributed by atoms with Gasteiger partial charge in [0.2, 0.25) is 5.91 Å². The molecule has 2 rings (SSSR count). The van der Waals surface area contributed by atoms with Gasteiger partial charge in [-0.05, 0) is 31.2 Å². The van der Waals surface area contributed by atoms with E-state index in [9.17, 15) is 24.3 Å². The third-order valence-electron chi connectivity index (χ3n) is 3.57. The minimum atomic E-state index is -0.653. The van der Waals surface area contributed by atoms with Gasteiger partial charge in [0.1, 0.15) is 11.3 Å². The first kappa shape index (κ1) is 19.1. The molecule has 2 aromatic rings. The van der Waals surface area contributed by atoms with Crippen molar-refractivity contribution in [3.63, 3.8) is 0 Å². The van der Waals surface area contributed by atoms with Gasteiger partial charge >= 0.3 is 0 Å². The topological polar surface area (TPSA) is 131 Å². The summed E-state index contributed by atoms with van der Waals surface area (Å²) in [6, 6.07) is 4.49. The Balaban J connectivity index is 2.17. The van der Waals surface area contributed by atoms with Crippen molar-refractivity contribution in [3.8, 4) is 5.75 Å². The molecule has 2 heterocycles. The number of amides is 2. The fraction of sp³-hybridized carbons (Fsp3) is 0.176. The molecule has 136 valence electrons. The zero-order chi connectivity index (χ0) is 19.4. The number of carbonyl (C=O) groups is 3. The first-order valence-electron chi connectivity index (χ1n) is 7.49. The highest BCUT2D eigenvalue weighted by Gasteiger charge is 2.16. The number of aromatic hydroxyl groups is 1. The summed E-state index contributed by atoms with van der Waals surface area (Å²) >= 11 is 1.09. The maximum atomic E-state index is 12.3. The highest BCUT2D eigenvalue weighted by atomic mass is 32.1. The lowest BCUT2D eigenvalue weighted by molar-refractivity contribution is -0.117. The number of hydrogen-bond acceptors (Lipinski definition) is 6. The van der Waals surface area contributed by atoms with Crippen LogP contribution in [-0.4, -0.2) is 33.8 Å². The van der Waals surface area contributed by atoms with E-state index in [0.717, 1.165) is 17.4 Å². The van der Waals surface area contributed by atoms with Gasteiger partial charge in [-0.3, -0.25) is 19.2 Å². The largest absolute Gasteiger partial charge is 0.507 e. The van der Waals surface area contributed by atoms with Gasteiger partial charge in [0, 0.05) is 23.7 Å². The van der Waals surface area contributed by atoms with Crippen molar-refractivity contribution < 1.29 is 19.5 Å². The van der Waals surface area contributed by atoms with Crippen molar-refractivity contribution >= 4 is 35.0 Å². The minimum absolute atomic E-state index is 0.267. The summed E-state index contributed by atoms with van der Waals surface area (Å²) in [5.74, 6) is -2.13. The summed E-state index contributed by atoms with van der Waals surface area (Å²) in [5.41, 5.74) is 4.58. The number of carbonyl (C=O) groups excluding carboxylic acids is 3. The van der Waals surface area contributed by atoms with Gasteiger partial charge in [-0.15, -0.1) is 11.3 Å². The van der Waals surface area contributed by atoms with Crippen LogP contribution in [0.4, 0.5) is 0 Å². The molecule has 0 aliphatic heterocycles. The lowest BCUT2D eigenvalue weighted by Crippen LogP contribution is -2.32. The lowest BCUT2D eigenvalue weighted by Gasteiger charge is -2.07. The molecule has 0 radical (unpaired) electrons. The predicted molar refractivity (Wildman–Crippen MR) is 97.3 cm³/mol. The molecule has 9 heteroatoms. The van der Waals surface area contributed by atoms with Gasteiger partial charge in [-0.2, -0.15) is 0 Å². The number of pyridine rings is 1. The third kappa shape index (κ3) is 4.25. The van der Waals surface area contributed by atoms with E-state index in [0.29, 0.717) is 15.4 Å². The van der Waals surface area contributed by atoms with E-state index in [1.165, 1.54) is 29.8 Å². The summed E-state index contributed by atoms with van der Waals surface area (Å²) in [7, 11) is 1.51. The second-order valence-electron chi connectivity index (χ2n) is 5.46. The average Bonchev–Trinajstić information content (AvgIpc) is 3.05. The molecule has 2 aromatic heterocycles. The molecule has 2 amide bonds. The molecule has 0 aliphatic carbocycles. The SMILES string of the molecule is Cc1cc(O)c(C(=O)/C=C/c2ccc(C(=O)NCC(N)=O)s2)c(=O)n1C. The number of aryl methyl sites for hydroxylation is 1. The van der Waals surface area contributed by atoms with Crippen molar-refractivity contribution in [1.29, 1.82) is 0 Å². The summed E-state index contributed by atoms with van der Waals surface area (Å²) in [5, 5.41) is 12.2. The van der Waals surface area contributed by atoms with Crippen molar-refractivity contribution in [3.05, 3.63) is 55.6 Å². The Kier molecular flexibility index (Phi) is 5.73. The Morgan fingerprint density at radius 2 is 2.04 bits per heavy atom. The number of rotatable bonds is 6. The molecule has 0 spiro atoms. The quantitative estimate of drug-likeness (QED) is 0.502. The van der Waals surface area contributed by atoms with Crippen LogP contribution in [0, 0.1) is 6.92 Å². The average molecular weight is 375 g/mol. The van der Waals surface area contributed by atoms with Crippen LogP contribution < -0.4 is 16.6 Å². The van der Waals surface area contributed by atoms with Crippen LogP contribution in [0.2, 0.25) is 0 Å². The molecule has 26 heavy (non-hydrogen) atoms. The first-order chi connectivity index (χ1) is 12.2. The maximum absolute atomic E-state index is 12.3. The molecule has 0 unspecified atom stereocenters. The normalized spacial score (nSPS) is 10.8. The van der Waals surface area contributed by atoms with Gasteiger partial charge in [-0.25, -0.2) is 0 Å². The minimum Gasteiger partial charge on any atom is -0.507 e. The number of allylic oxidation sites excluding steroid dienone is 1. The maximum Gasteiger partial charge on any atom is 0.265 e. The summed E-state index contributed by atoms with van der Waals surface area (Å²) < 4.78 is 1.27. The molecule has 4 N–H and O–H groups in total.